The Morgan fingerprint density at radius 2 is 1.90 bits per heavy atom. The summed E-state index contributed by atoms with van der Waals surface area (Å²) in [5.74, 6) is -3.39. The lowest BCUT2D eigenvalue weighted by Gasteiger charge is -2.46. The smallest absolute Gasteiger partial charge is 0.307 e. The number of allylic oxidation sites excluding steroid dienone is 1. The second-order valence-corrected chi connectivity index (χ2v) is 7.64. The number of nitrogens with zero attached hydrogens (tertiary/aromatic N) is 2. The summed E-state index contributed by atoms with van der Waals surface area (Å²) in [4.78, 5) is 22.0. The Morgan fingerprint density at radius 3 is 2.34 bits per heavy atom. The van der Waals surface area contributed by atoms with Crippen LogP contribution >= 0.6 is 0 Å². The molecule has 1 fully saturated rings. The van der Waals surface area contributed by atoms with E-state index in [4.69, 9.17) is 10.4 Å². The van der Waals surface area contributed by atoms with Gasteiger partial charge in [-0.25, -0.2) is 0 Å². The van der Waals surface area contributed by atoms with Crippen LogP contribution in [0.1, 0.15) is 33.6 Å². The maximum atomic E-state index is 11.8. The number of carbonyl (C=O) groups is 1. The van der Waals surface area contributed by atoms with Gasteiger partial charge in [0.25, 0.3) is 5.69 Å². The standard InChI is InChI=1S/C17H24N4O8/c1-16(2)10(14(22)23)6-7-17(16,3)13(15(24)25)19-18-11-5-4-9(20(26)27)8-12(11)21(28)29/h4-5,8,10,18-19,24-27H,6-7H2,1-3H3,(H,22,23)/p-2/t10-,17+/m1/s1. The SMILES string of the molecule is CC1(C)[C@@H](C(=O)O)CC[C@@]1(C)C(NNc1ccc(N(O)O)cc1[N+](=O)[O-])=C([O-])[O-]. The number of hydrogen-bond acceptors (Lipinski definition) is 10. The summed E-state index contributed by atoms with van der Waals surface area (Å²) < 4.78 is 0. The first-order chi connectivity index (χ1) is 13.3. The topological polar surface area (TPSA) is 194 Å². The van der Waals surface area contributed by atoms with Crippen LogP contribution in [0.5, 0.6) is 0 Å². The lowest BCUT2D eigenvalue weighted by atomic mass is 9.64. The summed E-state index contributed by atoms with van der Waals surface area (Å²) in [5.41, 5.74) is 1.50. The van der Waals surface area contributed by atoms with Crippen molar-refractivity contribution < 1.29 is 35.5 Å². The predicted octanol–water partition coefficient (Wildman–Crippen LogP) is 0.513. The average Bonchev–Trinajstić information content (AvgIpc) is 2.84. The molecule has 0 unspecified atom stereocenters. The van der Waals surface area contributed by atoms with E-state index in [9.17, 15) is 30.2 Å². The highest BCUT2D eigenvalue weighted by Crippen LogP contribution is 2.59. The number of hydrogen-bond donors (Lipinski definition) is 5. The van der Waals surface area contributed by atoms with Gasteiger partial charge in [-0.15, -0.1) is 5.23 Å². The molecule has 0 amide bonds. The fourth-order valence-corrected chi connectivity index (χ4v) is 3.83. The molecule has 0 spiro atoms. The number of carboxylic acids is 1. The Bertz CT molecular complexity index is 850. The third kappa shape index (κ3) is 3.84. The first-order valence-corrected chi connectivity index (χ1v) is 8.63. The van der Waals surface area contributed by atoms with Crippen LogP contribution in [-0.4, -0.2) is 26.4 Å². The van der Waals surface area contributed by atoms with Crippen LogP contribution in [0.4, 0.5) is 17.1 Å². The highest BCUT2D eigenvalue weighted by atomic mass is 16.8. The van der Waals surface area contributed by atoms with Crippen LogP contribution in [0, 0.1) is 26.9 Å². The van der Waals surface area contributed by atoms with Crippen molar-refractivity contribution in [3.63, 3.8) is 0 Å². The highest BCUT2D eigenvalue weighted by Gasteiger charge is 2.55. The van der Waals surface area contributed by atoms with Gasteiger partial charge in [-0.3, -0.25) is 30.7 Å². The monoisotopic (exact) mass is 410 g/mol. The molecule has 12 nitrogen and oxygen atoms in total. The van der Waals surface area contributed by atoms with Gasteiger partial charge in [0, 0.05) is 17.2 Å². The summed E-state index contributed by atoms with van der Waals surface area (Å²) in [5, 5.41) is 62.1. The molecule has 1 aliphatic rings. The molecule has 0 heterocycles. The molecule has 0 aliphatic heterocycles. The van der Waals surface area contributed by atoms with E-state index in [-0.39, 0.29) is 35.1 Å². The molecular formula is C17H22N4O8-2. The lowest BCUT2D eigenvalue weighted by molar-refractivity contribution is -0.516. The van der Waals surface area contributed by atoms with Gasteiger partial charge in [0.05, 0.1) is 10.8 Å². The van der Waals surface area contributed by atoms with Crippen molar-refractivity contribution in [1.29, 1.82) is 0 Å². The quantitative estimate of drug-likeness (QED) is 0.239. The van der Waals surface area contributed by atoms with Crippen molar-refractivity contribution >= 4 is 23.0 Å². The van der Waals surface area contributed by atoms with Crippen molar-refractivity contribution in [2.75, 3.05) is 10.7 Å². The zero-order chi connectivity index (χ0) is 22.1. The number of carboxylic acid groups (broad SMARTS) is 1. The second-order valence-electron chi connectivity index (χ2n) is 7.64. The summed E-state index contributed by atoms with van der Waals surface area (Å²) in [6.07, 6.45) is 0.509. The van der Waals surface area contributed by atoms with Gasteiger partial charge in [0.15, 0.2) is 0 Å². The van der Waals surface area contributed by atoms with E-state index < -0.39 is 39.3 Å². The third-order valence-electron chi connectivity index (χ3n) is 6.01. The van der Waals surface area contributed by atoms with E-state index >= 15 is 0 Å². The minimum atomic E-state index is -1.57. The van der Waals surface area contributed by atoms with Gasteiger partial charge in [-0.2, -0.15) is 5.95 Å². The second kappa shape index (κ2) is 7.64. The molecule has 1 aromatic carbocycles. The van der Waals surface area contributed by atoms with Crippen LogP contribution in [0.15, 0.2) is 29.8 Å². The fourth-order valence-electron chi connectivity index (χ4n) is 3.83. The fraction of sp³-hybridized carbons (Fsp3) is 0.471. The first-order valence-electron chi connectivity index (χ1n) is 8.63. The number of benzene rings is 1. The summed E-state index contributed by atoms with van der Waals surface area (Å²) in [6, 6.07) is 3.16. The highest BCUT2D eigenvalue weighted by molar-refractivity contribution is 5.72. The van der Waals surface area contributed by atoms with E-state index in [2.05, 4.69) is 10.9 Å². The van der Waals surface area contributed by atoms with E-state index in [0.29, 0.717) is 0 Å². The van der Waals surface area contributed by atoms with Gasteiger partial charge in [0.2, 0.25) is 0 Å². The molecule has 1 aliphatic carbocycles. The van der Waals surface area contributed by atoms with E-state index in [1.807, 2.05) is 0 Å². The molecule has 1 aromatic rings. The number of rotatable bonds is 7. The number of nitro benzene ring substituents is 1. The normalized spacial score (nSPS) is 22.6. The minimum Gasteiger partial charge on any atom is -0.883 e. The molecule has 5 N–H and O–H groups in total. The molecule has 1 saturated carbocycles. The zero-order valence-corrected chi connectivity index (χ0v) is 16.0. The van der Waals surface area contributed by atoms with E-state index in [0.717, 1.165) is 18.2 Å². The van der Waals surface area contributed by atoms with Gasteiger partial charge < -0.3 is 20.7 Å². The molecule has 0 bridgehead atoms. The van der Waals surface area contributed by atoms with Gasteiger partial charge >= 0.3 is 5.97 Å². The molecule has 29 heavy (non-hydrogen) atoms. The maximum Gasteiger partial charge on any atom is 0.307 e. The summed E-state index contributed by atoms with van der Waals surface area (Å²) in [7, 11) is 0. The number of nitro groups is 1. The Labute approximate surface area is 165 Å². The third-order valence-corrected chi connectivity index (χ3v) is 6.01. The minimum absolute atomic E-state index is 0.145. The van der Waals surface area contributed by atoms with Crippen LogP contribution in [0.3, 0.4) is 0 Å². The van der Waals surface area contributed by atoms with Crippen molar-refractivity contribution in [2.24, 2.45) is 16.7 Å². The average molecular weight is 410 g/mol. The number of anilines is 2. The van der Waals surface area contributed by atoms with Gasteiger partial charge in [-0.05, 0) is 30.4 Å². The summed E-state index contributed by atoms with van der Waals surface area (Å²) >= 11 is 0. The number of hydrazine groups is 1. The molecule has 0 radical (unpaired) electrons. The number of aliphatic carboxylic acids is 1. The van der Waals surface area contributed by atoms with Gasteiger partial charge in [0.1, 0.15) is 11.4 Å². The molecule has 2 rings (SSSR count). The number of nitrogens with one attached hydrogen (secondary N) is 2. The van der Waals surface area contributed by atoms with Crippen LogP contribution in [-0.2, 0) is 4.79 Å². The zero-order valence-electron chi connectivity index (χ0n) is 16.0. The lowest BCUT2D eigenvalue weighted by Crippen LogP contribution is -2.46. The van der Waals surface area contributed by atoms with Crippen molar-refractivity contribution in [2.45, 2.75) is 33.6 Å². The first kappa shape index (κ1) is 22.0. The van der Waals surface area contributed by atoms with Crippen LogP contribution in [0.25, 0.3) is 0 Å². The van der Waals surface area contributed by atoms with Gasteiger partial charge in [-0.1, -0.05) is 20.8 Å². The Balaban J connectivity index is 2.36. The van der Waals surface area contributed by atoms with Crippen LogP contribution < -0.4 is 26.3 Å². The van der Waals surface area contributed by atoms with Crippen molar-refractivity contribution in [1.82, 2.24) is 5.43 Å². The summed E-state index contributed by atoms with van der Waals surface area (Å²) in [6.45, 7) is 4.90. The maximum absolute atomic E-state index is 11.8. The van der Waals surface area contributed by atoms with Crippen molar-refractivity contribution in [3.8, 4) is 0 Å². The molecule has 160 valence electrons. The molecule has 0 saturated heterocycles. The largest absolute Gasteiger partial charge is 0.883 e. The Kier molecular flexibility index (Phi) is 5.81. The molecule has 12 heteroatoms. The van der Waals surface area contributed by atoms with E-state index in [1.165, 1.54) is 0 Å². The molecular weight excluding hydrogens is 388 g/mol. The Hall–Kier alpha value is -3.25. The Morgan fingerprint density at radius 1 is 1.28 bits per heavy atom. The molecule has 2 atom stereocenters. The van der Waals surface area contributed by atoms with Crippen molar-refractivity contribution in [3.05, 3.63) is 40.0 Å². The van der Waals surface area contributed by atoms with Crippen LogP contribution in [0.2, 0.25) is 0 Å². The predicted molar refractivity (Wildman–Crippen MR) is 95.2 cm³/mol. The van der Waals surface area contributed by atoms with E-state index in [1.54, 1.807) is 20.8 Å². The molecule has 0 aromatic heterocycles.